The summed E-state index contributed by atoms with van der Waals surface area (Å²) in [6.07, 6.45) is 0. The van der Waals surface area contributed by atoms with E-state index in [0.717, 1.165) is 5.56 Å². The number of amides is 1. The lowest BCUT2D eigenvalue weighted by atomic mass is 9.81. The Balaban J connectivity index is 1.76. The third-order valence-corrected chi connectivity index (χ3v) is 12.5. The second-order valence-electron chi connectivity index (χ2n) is 10.1. The van der Waals surface area contributed by atoms with Gasteiger partial charge in [-0.05, 0) is 41.0 Å². The van der Waals surface area contributed by atoms with Gasteiger partial charge < -0.3 is 5.32 Å². The zero-order valence-corrected chi connectivity index (χ0v) is 24.9. The first-order chi connectivity index (χ1) is 20.8. The lowest BCUT2D eigenvalue weighted by Gasteiger charge is -2.33. The van der Waals surface area contributed by atoms with Gasteiger partial charge in [-0.2, -0.15) is 0 Å². The first kappa shape index (κ1) is 29.9. The summed E-state index contributed by atoms with van der Waals surface area (Å²) in [6, 6.07) is 41.7. The Bertz CT molecular complexity index is 1780. The van der Waals surface area contributed by atoms with Crippen molar-refractivity contribution in [2.24, 2.45) is 0 Å². The lowest BCUT2D eigenvalue weighted by Crippen LogP contribution is -2.43. The fraction of sp³-hybridized carbons (Fsp3) is 0.114. The van der Waals surface area contributed by atoms with Gasteiger partial charge in [-0.15, -0.1) is 0 Å². The SMILES string of the molecule is O=C(NCc1ccccc1)[C@@H](c1ccccc1)[C@@H](c1ccccc1)C(S(=O)(=O)c1ccccc1)S(=O)(=O)c1ccccc1. The second kappa shape index (κ2) is 13.2. The molecule has 5 aromatic carbocycles. The van der Waals surface area contributed by atoms with E-state index >= 15 is 0 Å². The minimum absolute atomic E-state index is 0.142. The van der Waals surface area contributed by atoms with Crippen molar-refractivity contribution in [2.75, 3.05) is 0 Å². The fourth-order valence-corrected chi connectivity index (χ4v) is 10.3. The Morgan fingerprint density at radius 2 is 0.884 bits per heavy atom. The topological polar surface area (TPSA) is 97.4 Å². The zero-order chi connectivity index (χ0) is 30.3. The number of benzene rings is 5. The summed E-state index contributed by atoms with van der Waals surface area (Å²) < 4.78 is 56.3. The Morgan fingerprint density at radius 1 is 0.512 bits per heavy atom. The number of hydrogen-bond donors (Lipinski definition) is 1. The van der Waals surface area contributed by atoms with E-state index in [2.05, 4.69) is 5.32 Å². The quantitative estimate of drug-likeness (QED) is 0.194. The molecule has 2 atom stereocenters. The van der Waals surface area contributed by atoms with E-state index in [1.165, 1.54) is 24.3 Å². The number of nitrogens with one attached hydrogen (secondary N) is 1. The predicted molar refractivity (Wildman–Crippen MR) is 168 cm³/mol. The molecular formula is C35H31NO5S2. The normalized spacial score (nSPS) is 13.2. The van der Waals surface area contributed by atoms with Gasteiger partial charge in [-0.3, -0.25) is 4.79 Å². The molecule has 0 aromatic heterocycles. The number of carbonyl (C=O) groups excluding carboxylic acids is 1. The second-order valence-corrected chi connectivity index (χ2v) is 14.5. The van der Waals surface area contributed by atoms with Gasteiger partial charge in [0.15, 0.2) is 24.3 Å². The summed E-state index contributed by atoms with van der Waals surface area (Å²) in [5, 5.41) is 2.96. The van der Waals surface area contributed by atoms with Crippen molar-refractivity contribution in [1.29, 1.82) is 0 Å². The molecule has 5 aromatic rings. The van der Waals surface area contributed by atoms with Crippen molar-refractivity contribution >= 4 is 25.6 Å². The maximum absolute atomic E-state index is 14.6. The third kappa shape index (κ3) is 6.61. The van der Waals surface area contributed by atoms with E-state index in [-0.39, 0.29) is 16.3 Å². The van der Waals surface area contributed by atoms with E-state index in [4.69, 9.17) is 0 Å². The summed E-state index contributed by atoms with van der Waals surface area (Å²) in [7, 11) is -9.15. The summed E-state index contributed by atoms with van der Waals surface area (Å²) in [5.74, 6) is -2.97. The fourth-order valence-electron chi connectivity index (χ4n) is 5.30. The van der Waals surface area contributed by atoms with Crippen LogP contribution in [0.3, 0.4) is 0 Å². The monoisotopic (exact) mass is 609 g/mol. The average Bonchev–Trinajstić information content (AvgIpc) is 3.05. The average molecular weight is 610 g/mol. The van der Waals surface area contributed by atoms with Crippen LogP contribution in [0.1, 0.15) is 28.5 Å². The van der Waals surface area contributed by atoms with Crippen molar-refractivity contribution in [1.82, 2.24) is 5.32 Å². The molecule has 0 saturated heterocycles. The summed E-state index contributed by atoms with van der Waals surface area (Å²) in [4.78, 5) is 14.0. The molecule has 0 spiro atoms. The van der Waals surface area contributed by atoms with Gasteiger partial charge in [0, 0.05) is 12.5 Å². The molecule has 0 aliphatic heterocycles. The molecule has 0 fully saturated rings. The van der Waals surface area contributed by atoms with Crippen LogP contribution in [0, 0.1) is 0 Å². The van der Waals surface area contributed by atoms with Crippen molar-refractivity contribution in [3.05, 3.63) is 168 Å². The van der Waals surface area contributed by atoms with E-state index < -0.39 is 42.0 Å². The van der Waals surface area contributed by atoms with E-state index in [9.17, 15) is 21.6 Å². The molecule has 43 heavy (non-hydrogen) atoms. The Labute approximate surface area is 252 Å². The van der Waals surface area contributed by atoms with E-state index in [1.807, 2.05) is 30.3 Å². The van der Waals surface area contributed by atoms with Crippen molar-refractivity contribution in [2.45, 2.75) is 32.8 Å². The van der Waals surface area contributed by atoms with Crippen molar-refractivity contribution < 1.29 is 21.6 Å². The molecule has 0 heterocycles. The lowest BCUT2D eigenvalue weighted by molar-refractivity contribution is -0.123. The van der Waals surface area contributed by atoms with E-state index in [0.29, 0.717) is 11.1 Å². The smallest absolute Gasteiger partial charge is 0.228 e. The molecule has 0 bridgehead atoms. The van der Waals surface area contributed by atoms with Crippen LogP contribution in [0.25, 0.3) is 0 Å². The molecule has 6 nitrogen and oxygen atoms in total. The van der Waals surface area contributed by atoms with Crippen LogP contribution in [0.15, 0.2) is 161 Å². The van der Waals surface area contributed by atoms with Gasteiger partial charge in [-0.1, -0.05) is 127 Å². The maximum Gasteiger partial charge on any atom is 0.228 e. The highest BCUT2D eigenvalue weighted by atomic mass is 32.3. The molecule has 0 saturated carbocycles. The molecule has 0 aliphatic carbocycles. The number of hydrogen-bond acceptors (Lipinski definition) is 5. The van der Waals surface area contributed by atoms with Gasteiger partial charge >= 0.3 is 0 Å². The first-order valence-electron chi connectivity index (χ1n) is 13.8. The van der Waals surface area contributed by atoms with Crippen LogP contribution < -0.4 is 5.32 Å². The van der Waals surface area contributed by atoms with Crippen LogP contribution in [-0.2, 0) is 31.0 Å². The summed E-state index contributed by atoms with van der Waals surface area (Å²) in [5.41, 5.74) is 1.76. The number of carbonyl (C=O) groups is 1. The molecule has 5 rings (SSSR count). The van der Waals surface area contributed by atoms with Gasteiger partial charge in [0.25, 0.3) is 0 Å². The highest BCUT2D eigenvalue weighted by molar-refractivity contribution is 8.09. The van der Waals surface area contributed by atoms with Crippen LogP contribution >= 0.6 is 0 Å². The zero-order valence-electron chi connectivity index (χ0n) is 23.2. The third-order valence-electron chi connectivity index (χ3n) is 7.34. The highest BCUT2D eigenvalue weighted by Crippen LogP contribution is 2.44. The van der Waals surface area contributed by atoms with Gasteiger partial charge in [0.05, 0.1) is 15.7 Å². The Morgan fingerprint density at radius 3 is 1.33 bits per heavy atom. The molecule has 0 radical (unpaired) electrons. The minimum Gasteiger partial charge on any atom is -0.351 e. The minimum atomic E-state index is -4.58. The summed E-state index contributed by atoms with van der Waals surface area (Å²) >= 11 is 0. The maximum atomic E-state index is 14.6. The van der Waals surface area contributed by atoms with Crippen LogP contribution in [0.5, 0.6) is 0 Å². The first-order valence-corrected chi connectivity index (χ1v) is 16.9. The Kier molecular flexibility index (Phi) is 9.19. The molecule has 8 heteroatoms. The van der Waals surface area contributed by atoms with Crippen molar-refractivity contribution in [3.8, 4) is 0 Å². The van der Waals surface area contributed by atoms with Crippen molar-refractivity contribution in [3.63, 3.8) is 0 Å². The van der Waals surface area contributed by atoms with Gasteiger partial charge in [0.1, 0.15) is 0 Å². The van der Waals surface area contributed by atoms with Crippen LogP contribution in [-0.4, -0.2) is 27.3 Å². The molecule has 1 N–H and O–H groups in total. The van der Waals surface area contributed by atoms with Crippen LogP contribution in [0.2, 0.25) is 0 Å². The van der Waals surface area contributed by atoms with Gasteiger partial charge in [0.2, 0.25) is 5.91 Å². The molecule has 0 unspecified atom stereocenters. The predicted octanol–water partition coefficient (Wildman–Crippen LogP) is 6.14. The van der Waals surface area contributed by atoms with Crippen LogP contribution in [0.4, 0.5) is 0 Å². The Hall–Kier alpha value is -4.53. The standard InChI is InChI=1S/C35H31NO5S2/c37-34(36-26-27-16-6-1-7-17-27)32(28-18-8-2-9-19-28)33(29-20-10-3-11-21-29)35(42(38,39)30-22-12-4-13-23-30)43(40,41)31-24-14-5-15-25-31/h1-25,32-33,35H,26H2,(H,36,37)/t32-,33+/m0/s1. The number of rotatable bonds is 11. The molecule has 0 aliphatic rings. The summed E-state index contributed by atoms with van der Waals surface area (Å²) in [6.45, 7) is 0.187. The number of sulfone groups is 2. The van der Waals surface area contributed by atoms with E-state index in [1.54, 1.807) is 97.1 Å². The van der Waals surface area contributed by atoms with Gasteiger partial charge in [-0.25, -0.2) is 16.8 Å². The molecule has 1 amide bonds. The molecule has 218 valence electrons. The highest BCUT2D eigenvalue weighted by Gasteiger charge is 2.51. The molecular weight excluding hydrogens is 579 g/mol. The largest absolute Gasteiger partial charge is 0.351 e.